The summed E-state index contributed by atoms with van der Waals surface area (Å²) in [6, 6.07) is 34.4. The van der Waals surface area contributed by atoms with E-state index in [0.717, 1.165) is 22.9 Å². The minimum absolute atomic E-state index is 0.342. The monoisotopic (exact) mass is 442 g/mol. The highest BCUT2D eigenvalue weighted by atomic mass is 32.1. The van der Waals surface area contributed by atoms with Crippen molar-refractivity contribution in [3.8, 4) is 23.0 Å². The second-order valence-corrected chi connectivity index (χ2v) is 7.06. The van der Waals surface area contributed by atoms with Crippen molar-refractivity contribution >= 4 is 28.7 Å². The lowest BCUT2D eigenvalue weighted by Gasteiger charge is -2.17. The number of hydrogen-bond donors (Lipinski definition) is 4. The Labute approximate surface area is 192 Å². The van der Waals surface area contributed by atoms with E-state index in [0.29, 0.717) is 16.6 Å². The predicted octanol–water partition coefficient (Wildman–Crippen LogP) is 6.09. The van der Waals surface area contributed by atoms with E-state index in [1.54, 1.807) is 0 Å². The molecular formula is C25H22N4O2S. The lowest BCUT2D eigenvalue weighted by atomic mass is 10.3. The molecule has 0 fully saturated rings. The van der Waals surface area contributed by atoms with E-state index in [-0.39, 0.29) is 0 Å². The average Bonchev–Trinajstić information content (AvgIpc) is 2.84. The molecule has 0 bridgehead atoms. The van der Waals surface area contributed by atoms with Gasteiger partial charge in [0.15, 0.2) is 11.5 Å². The van der Waals surface area contributed by atoms with Gasteiger partial charge in [-0.05, 0) is 60.7 Å². The van der Waals surface area contributed by atoms with Gasteiger partial charge in [-0.15, -0.1) is 0 Å². The molecule has 0 amide bonds. The van der Waals surface area contributed by atoms with E-state index in [1.807, 2.05) is 109 Å². The van der Waals surface area contributed by atoms with Crippen molar-refractivity contribution in [2.24, 2.45) is 0 Å². The number of ether oxygens (including phenoxy) is 2. The second kappa shape index (κ2) is 10.7. The molecule has 0 spiro atoms. The number of hydrogen-bond acceptors (Lipinski definition) is 5. The third kappa shape index (κ3) is 5.90. The average molecular weight is 443 g/mol. The Kier molecular flexibility index (Phi) is 7.03. The fourth-order valence-electron chi connectivity index (χ4n) is 2.83. The van der Waals surface area contributed by atoms with Gasteiger partial charge in [-0.1, -0.05) is 60.7 Å². The molecular weight excluding hydrogens is 420 g/mol. The van der Waals surface area contributed by atoms with Gasteiger partial charge in [-0.3, -0.25) is 21.7 Å². The summed E-state index contributed by atoms with van der Waals surface area (Å²) in [5.41, 5.74) is 13.5. The van der Waals surface area contributed by atoms with Crippen LogP contribution in [0.25, 0.3) is 0 Å². The van der Waals surface area contributed by atoms with Gasteiger partial charge < -0.3 is 9.47 Å². The molecule has 0 atom stereocenters. The van der Waals surface area contributed by atoms with Crippen molar-refractivity contribution in [1.29, 1.82) is 0 Å². The molecule has 4 aromatic carbocycles. The van der Waals surface area contributed by atoms with Crippen molar-refractivity contribution < 1.29 is 9.47 Å². The summed E-state index contributed by atoms with van der Waals surface area (Å²) >= 11 is 5.37. The summed E-state index contributed by atoms with van der Waals surface area (Å²) in [6.07, 6.45) is 0. The van der Waals surface area contributed by atoms with E-state index in [4.69, 9.17) is 21.7 Å². The van der Waals surface area contributed by atoms with Gasteiger partial charge in [0.2, 0.25) is 5.11 Å². The minimum Gasteiger partial charge on any atom is -0.455 e. The van der Waals surface area contributed by atoms with Crippen molar-refractivity contribution in [2.45, 2.75) is 0 Å². The Hall–Kier alpha value is -4.23. The van der Waals surface area contributed by atoms with Crippen molar-refractivity contribution in [3.05, 3.63) is 109 Å². The maximum absolute atomic E-state index is 5.95. The summed E-state index contributed by atoms with van der Waals surface area (Å²) in [5.74, 6) is 2.84. The molecule has 6 nitrogen and oxygen atoms in total. The van der Waals surface area contributed by atoms with E-state index in [1.165, 1.54) is 0 Å². The number of rotatable bonds is 8. The number of para-hydroxylation sites is 6. The van der Waals surface area contributed by atoms with E-state index in [2.05, 4.69) is 21.7 Å². The summed E-state index contributed by atoms with van der Waals surface area (Å²) in [5, 5.41) is 0.342. The van der Waals surface area contributed by atoms with Gasteiger partial charge in [0, 0.05) is 0 Å². The first kappa shape index (κ1) is 21.0. The number of nitrogens with one attached hydrogen (secondary N) is 4. The van der Waals surface area contributed by atoms with E-state index >= 15 is 0 Å². The molecule has 0 heterocycles. The minimum atomic E-state index is 0.342. The molecule has 7 heteroatoms. The van der Waals surface area contributed by atoms with Gasteiger partial charge in [0.1, 0.15) is 11.5 Å². The number of thiocarbonyl (C=S) groups is 1. The molecule has 32 heavy (non-hydrogen) atoms. The van der Waals surface area contributed by atoms with Crippen LogP contribution >= 0.6 is 12.2 Å². The molecule has 0 saturated carbocycles. The Morgan fingerprint density at radius 3 is 1.31 bits per heavy atom. The van der Waals surface area contributed by atoms with Crippen LogP contribution in [0.5, 0.6) is 23.0 Å². The molecule has 0 aromatic heterocycles. The van der Waals surface area contributed by atoms with Gasteiger partial charge >= 0.3 is 0 Å². The van der Waals surface area contributed by atoms with Gasteiger partial charge in [-0.2, -0.15) is 0 Å². The van der Waals surface area contributed by atoms with Gasteiger partial charge in [0.25, 0.3) is 0 Å². The fraction of sp³-hybridized carbons (Fsp3) is 0. The zero-order valence-corrected chi connectivity index (χ0v) is 17.9. The van der Waals surface area contributed by atoms with Gasteiger partial charge in [0.05, 0.1) is 11.4 Å². The predicted molar refractivity (Wildman–Crippen MR) is 132 cm³/mol. The van der Waals surface area contributed by atoms with Crippen molar-refractivity contribution in [2.75, 3.05) is 10.9 Å². The normalized spacial score (nSPS) is 10.0. The highest BCUT2D eigenvalue weighted by Gasteiger charge is 2.07. The van der Waals surface area contributed by atoms with Crippen LogP contribution in [0.15, 0.2) is 109 Å². The zero-order valence-electron chi connectivity index (χ0n) is 17.1. The Balaban J connectivity index is 1.33. The van der Waals surface area contributed by atoms with Crippen LogP contribution in [0.2, 0.25) is 0 Å². The molecule has 4 aromatic rings. The molecule has 0 aliphatic rings. The van der Waals surface area contributed by atoms with Crippen LogP contribution in [0.3, 0.4) is 0 Å². The maximum atomic E-state index is 5.95. The van der Waals surface area contributed by atoms with Crippen LogP contribution in [0, 0.1) is 0 Å². The Bertz CT molecular complexity index is 1070. The topological polar surface area (TPSA) is 66.6 Å². The lowest BCUT2D eigenvalue weighted by Crippen LogP contribution is -2.41. The van der Waals surface area contributed by atoms with Crippen molar-refractivity contribution in [1.82, 2.24) is 10.9 Å². The molecule has 4 rings (SSSR count). The standard InChI is InChI=1S/C25H22N4O2S/c32-25(28-26-21-15-7-9-17-23(21)30-19-11-3-1-4-12-19)29-27-22-16-8-10-18-24(22)31-20-13-5-2-6-14-20/h1-18,26-27H,(H2,28,29,32). The van der Waals surface area contributed by atoms with Crippen molar-refractivity contribution in [3.63, 3.8) is 0 Å². The van der Waals surface area contributed by atoms with Crippen LogP contribution in [-0.2, 0) is 0 Å². The summed E-state index contributed by atoms with van der Waals surface area (Å²) < 4.78 is 11.9. The van der Waals surface area contributed by atoms with Crippen LogP contribution in [-0.4, -0.2) is 5.11 Å². The van der Waals surface area contributed by atoms with Crippen LogP contribution in [0.4, 0.5) is 11.4 Å². The highest BCUT2D eigenvalue weighted by Crippen LogP contribution is 2.29. The lowest BCUT2D eigenvalue weighted by molar-refractivity contribution is 0.484. The molecule has 0 aliphatic carbocycles. The van der Waals surface area contributed by atoms with E-state index in [9.17, 15) is 0 Å². The third-order valence-electron chi connectivity index (χ3n) is 4.34. The number of benzene rings is 4. The molecule has 0 radical (unpaired) electrons. The fourth-order valence-corrected chi connectivity index (χ4v) is 2.93. The molecule has 160 valence electrons. The quantitative estimate of drug-likeness (QED) is 0.194. The molecule has 0 unspecified atom stereocenters. The maximum Gasteiger partial charge on any atom is 0.204 e. The van der Waals surface area contributed by atoms with Gasteiger partial charge in [-0.25, -0.2) is 0 Å². The first-order chi connectivity index (χ1) is 15.8. The first-order valence-electron chi connectivity index (χ1n) is 10.00. The number of hydrazine groups is 2. The summed E-state index contributed by atoms with van der Waals surface area (Å²) in [7, 11) is 0. The first-order valence-corrected chi connectivity index (χ1v) is 10.4. The van der Waals surface area contributed by atoms with Crippen LogP contribution in [0.1, 0.15) is 0 Å². The van der Waals surface area contributed by atoms with E-state index < -0.39 is 0 Å². The second-order valence-electron chi connectivity index (χ2n) is 6.65. The summed E-state index contributed by atoms with van der Waals surface area (Å²) in [6.45, 7) is 0. The molecule has 4 N–H and O–H groups in total. The summed E-state index contributed by atoms with van der Waals surface area (Å²) in [4.78, 5) is 0. The zero-order chi connectivity index (χ0) is 22.0. The Morgan fingerprint density at radius 1 is 0.500 bits per heavy atom. The largest absolute Gasteiger partial charge is 0.455 e. The SMILES string of the molecule is S=C(NNc1ccccc1Oc1ccccc1)NNc1ccccc1Oc1ccccc1. The van der Waals surface area contributed by atoms with Crippen LogP contribution < -0.4 is 31.2 Å². The number of anilines is 2. The smallest absolute Gasteiger partial charge is 0.204 e. The molecule has 0 aliphatic heterocycles. The highest BCUT2D eigenvalue weighted by molar-refractivity contribution is 7.80. The Morgan fingerprint density at radius 2 is 0.875 bits per heavy atom. The molecule has 0 saturated heterocycles. The third-order valence-corrected chi connectivity index (χ3v) is 4.54.